The van der Waals surface area contributed by atoms with E-state index in [1.807, 2.05) is 36.5 Å². The third-order valence-electron chi connectivity index (χ3n) is 5.20. The van der Waals surface area contributed by atoms with Crippen molar-refractivity contribution in [1.29, 1.82) is 0 Å². The first kappa shape index (κ1) is 24.4. The van der Waals surface area contributed by atoms with Gasteiger partial charge in [-0.3, -0.25) is 4.68 Å². The molecular formula is C19H34IN9O. The van der Waals surface area contributed by atoms with E-state index < -0.39 is 0 Å². The summed E-state index contributed by atoms with van der Waals surface area (Å²) in [5.74, 6) is 2.54. The maximum absolute atomic E-state index is 5.15. The van der Waals surface area contributed by atoms with Gasteiger partial charge in [0.1, 0.15) is 12.4 Å². The molecule has 0 amide bonds. The number of anilines is 1. The highest BCUT2D eigenvalue weighted by Crippen LogP contribution is 2.19. The van der Waals surface area contributed by atoms with E-state index in [0.717, 1.165) is 63.1 Å². The maximum Gasteiger partial charge on any atom is 0.191 e. The summed E-state index contributed by atoms with van der Waals surface area (Å²) in [7, 11) is 5.64. The average molecular weight is 531 g/mol. The molecule has 3 heterocycles. The minimum Gasteiger partial charge on any atom is -0.385 e. The number of aliphatic imine (C=N–C) groups is 1. The molecule has 0 saturated carbocycles. The van der Waals surface area contributed by atoms with Crippen LogP contribution >= 0.6 is 24.0 Å². The Kier molecular flexibility index (Phi) is 9.82. The van der Waals surface area contributed by atoms with Crippen LogP contribution in [0.4, 0.5) is 5.69 Å². The lowest BCUT2D eigenvalue weighted by atomic mass is 10.1. The summed E-state index contributed by atoms with van der Waals surface area (Å²) in [6.45, 7) is 5.92. The minimum atomic E-state index is 0. The van der Waals surface area contributed by atoms with Gasteiger partial charge in [0.2, 0.25) is 0 Å². The van der Waals surface area contributed by atoms with E-state index >= 15 is 0 Å². The van der Waals surface area contributed by atoms with Gasteiger partial charge < -0.3 is 24.8 Å². The second-order valence-corrected chi connectivity index (χ2v) is 7.46. The Hall–Kier alpha value is -1.89. The van der Waals surface area contributed by atoms with Crippen LogP contribution in [0.25, 0.3) is 0 Å². The van der Waals surface area contributed by atoms with Crippen LogP contribution < -0.4 is 15.5 Å². The van der Waals surface area contributed by atoms with Crippen molar-refractivity contribution in [2.24, 2.45) is 19.1 Å². The van der Waals surface area contributed by atoms with Crippen molar-refractivity contribution < 1.29 is 4.74 Å². The number of guanidine groups is 1. The fourth-order valence-corrected chi connectivity index (χ4v) is 3.41. The Morgan fingerprint density at radius 1 is 1.33 bits per heavy atom. The normalized spacial score (nSPS) is 17.0. The Balaban J connectivity index is 0.00000320. The summed E-state index contributed by atoms with van der Waals surface area (Å²) in [5.41, 5.74) is 1.17. The molecule has 2 N–H and O–H groups in total. The number of piperidine rings is 1. The lowest BCUT2D eigenvalue weighted by Gasteiger charge is -2.34. The van der Waals surface area contributed by atoms with Crippen LogP contribution in [-0.4, -0.2) is 69.9 Å². The van der Waals surface area contributed by atoms with E-state index in [0.29, 0.717) is 12.6 Å². The third-order valence-corrected chi connectivity index (χ3v) is 5.20. The molecule has 0 bridgehead atoms. The van der Waals surface area contributed by atoms with Gasteiger partial charge in [0.15, 0.2) is 11.8 Å². The average Bonchev–Trinajstić information content (AvgIpc) is 3.29. The van der Waals surface area contributed by atoms with Crippen LogP contribution in [0.15, 0.2) is 17.4 Å². The Bertz CT molecular complexity index is 804. The van der Waals surface area contributed by atoms with Crippen molar-refractivity contribution in [3.05, 3.63) is 24.0 Å². The Labute approximate surface area is 195 Å². The molecule has 2 aromatic rings. The third kappa shape index (κ3) is 6.83. The highest BCUT2D eigenvalue weighted by atomic mass is 127. The lowest BCUT2D eigenvalue weighted by Crippen LogP contribution is -2.51. The highest BCUT2D eigenvalue weighted by Gasteiger charge is 2.22. The zero-order valence-electron chi connectivity index (χ0n) is 18.3. The molecule has 1 unspecified atom stereocenters. The molecule has 168 valence electrons. The van der Waals surface area contributed by atoms with Crippen molar-refractivity contribution in [2.45, 2.75) is 38.8 Å². The number of ether oxygens (including phenoxy) is 1. The molecule has 2 aromatic heterocycles. The molecule has 1 saturated heterocycles. The molecule has 0 radical (unpaired) electrons. The number of aryl methyl sites for hydroxylation is 2. The molecule has 1 aliphatic heterocycles. The van der Waals surface area contributed by atoms with Crippen LogP contribution in [0.1, 0.15) is 30.9 Å². The highest BCUT2D eigenvalue weighted by molar-refractivity contribution is 14.0. The molecule has 3 rings (SSSR count). The standard InChI is InChI=1S/C19H33N9O.HI/c1-15-24-25-18(27(15)3)12-21-19(20-8-6-10-29-4)23-16-7-5-9-28(13-16)17-11-22-26(2)14-17;/h11,14,16H,5-10,12-13H2,1-4H3,(H2,20,21,23);1H. The van der Waals surface area contributed by atoms with Crippen LogP contribution in [-0.2, 0) is 25.4 Å². The van der Waals surface area contributed by atoms with E-state index in [-0.39, 0.29) is 24.0 Å². The van der Waals surface area contributed by atoms with Gasteiger partial charge in [-0.15, -0.1) is 34.2 Å². The van der Waals surface area contributed by atoms with Crippen molar-refractivity contribution >= 4 is 35.6 Å². The number of halogens is 1. The molecule has 0 aromatic carbocycles. The van der Waals surface area contributed by atoms with Crippen LogP contribution in [0, 0.1) is 6.92 Å². The van der Waals surface area contributed by atoms with E-state index in [9.17, 15) is 0 Å². The summed E-state index contributed by atoms with van der Waals surface area (Å²) >= 11 is 0. The molecule has 0 spiro atoms. The van der Waals surface area contributed by atoms with Gasteiger partial charge in [-0.05, 0) is 26.2 Å². The van der Waals surface area contributed by atoms with Gasteiger partial charge in [0, 0.05) is 59.7 Å². The number of rotatable bonds is 8. The van der Waals surface area contributed by atoms with Crippen molar-refractivity contribution in [1.82, 2.24) is 35.2 Å². The fourth-order valence-electron chi connectivity index (χ4n) is 3.41. The molecule has 10 nitrogen and oxygen atoms in total. The first-order chi connectivity index (χ1) is 14.1. The maximum atomic E-state index is 5.15. The van der Waals surface area contributed by atoms with E-state index in [1.165, 1.54) is 5.69 Å². The number of nitrogens with one attached hydrogen (secondary N) is 2. The van der Waals surface area contributed by atoms with E-state index in [1.54, 1.807) is 7.11 Å². The van der Waals surface area contributed by atoms with Crippen LogP contribution in [0.5, 0.6) is 0 Å². The predicted molar refractivity (Wildman–Crippen MR) is 128 cm³/mol. The molecule has 1 fully saturated rings. The second-order valence-electron chi connectivity index (χ2n) is 7.46. The van der Waals surface area contributed by atoms with Crippen molar-refractivity contribution in [3.8, 4) is 0 Å². The lowest BCUT2D eigenvalue weighted by molar-refractivity contribution is 0.195. The second kappa shape index (κ2) is 12.1. The van der Waals surface area contributed by atoms with Crippen LogP contribution in [0.3, 0.4) is 0 Å². The number of nitrogens with zero attached hydrogens (tertiary/aromatic N) is 7. The molecular weight excluding hydrogens is 497 g/mol. The molecule has 11 heteroatoms. The zero-order valence-corrected chi connectivity index (χ0v) is 20.7. The SMILES string of the molecule is COCCCNC(=NCc1nnc(C)n1C)NC1CCCN(c2cnn(C)c2)C1.I. The van der Waals surface area contributed by atoms with E-state index in [4.69, 9.17) is 9.73 Å². The minimum absolute atomic E-state index is 0. The fraction of sp³-hybridized carbons (Fsp3) is 0.684. The van der Waals surface area contributed by atoms with Crippen LogP contribution in [0.2, 0.25) is 0 Å². The number of hydrogen-bond acceptors (Lipinski definition) is 6. The Morgan fingerprint density at radius 2 is 2.17 bits per heavy atom. The summed E-state index contributed by atoms with van der Waals surface area (Å²) in [5, 5.41) is 19.7. The van der Waals surface area contributed by atoms with Gasteiger partial charge in [0.05, 0.1) is 11.9 Å². The monoisotopic (exact) mass is 531 g/mol. The molecule has 1 atom stereocenters. The zero-order chi connectivity index (χ0) is 20.6. The Morgan fingerprint density at radius 3 is 2.83 bits per heavy atom. The number of aromatic nitrogens is 5. The van der Waals surface area contributed by atoms with Gasteiger partial charge in [0.25, 0.3) is 0 Å². The summed E-state index contributed by atoms with van der Waals surface area (Å²) in [6.07, 6.45) is 7.16. The van der Waals surface area contributed by atoms with Gasteiger partial charge >= 0.3 is 0 Å². The van der Waals surface area contributed by atoms with E-state index in [2.05, 4.69) is 37.0 Å². The molecule has 30 heavy (non-hydrogen) atoms. The first-order valence-electron chi connectivity index (χ1n) is 10.2. The number of hydrogen-bond donors (Lipinski definition) is 2. The van der Waals surface area contributed by atoms with Gasteiger partial charge in [-0.2, -0.15) is 5.10 Å². The quantitative estimate of drug-likeness (QED) is 0.229. The molecule has 1 aliphatic rings. The van der Waals surface area contributed by atoms with Gasteiger partial charge in [-0.1, -0.05) is 0 Å². The van der Waals surface area contributed by atoms with Crippen molar-refractivity contribution in [3.63, 3.8) is 0 Å². The molecule has 0 aliphatic carbocycles. The predicted octanol–water partition coefficient (Wildman–Crippen LogP) is 1.22. The largest absolute Gasteiger partial charge is 0.385 e. The summed E-state index contributed by atoms with van der Waals surface area (Å²) in [4.78, 5) is 7.13. The smallest absolute Gasteiger partial charge is 0.191 e. The summed E-state index contributed by atoms with van der Waals surface area (Å²) < 4.78 is 8.97. The number of methoxy groups -OCH3 is 1. The summed E-state index contributed by atoms with van der Waals surface area (Å²) in [6, 6.07) is 0.318. The van der Waals surface area contributed by atoms with Crippen molar-refractivity contribution in [2.75, 3.05) is 38.3 Å². The van der Waals surface area contributed by atoms with Gasteiger partial charge in [-0.25, -0.2) is 4.99 Å². The topological polar surface area (TPSA) is 97.4 Å². The first-order valence-corrected chi connectivity index (χ1v) is 10.2.